The van der Waals surface area contributed by atoms with Gasteiger partial charge in [0.2, 0.25) is 5.91 Å². The molecule has 0 unspecified atom stereocenters. The van der Waals surface area contributed by atoms with Gasteiger partial charge in [0.05, 0.1) is 5.56 Å². The number of carbonyl (C=O) groups excluding carboxylic acids is 2. The summed E-state index contributed by atoms with van der Waals surface area (Å²) in [6.45, 7) is 1.99. The largest absolute Gasteiger partial charge is 0.416 e. The summed E-state index contributed by atoms with van der Waals surface area (Å²) < 4.78 is 38.2. The monoisotopic (exact) mass is 362 g/mol. The van der Waals surface area contributed by atoms with E-state index < -0.39 is 17.6 Å². The van der Waals surface area contributed by atoms with Gasteiger partial charge in [0.25, 0.3) is 5.91 Å². The lowest BCUT2D eigenvalue weighted by Crippen LogP contribution is -2.16. The van der Waals surface area contributed by atoms with Gasteiger partial charge in [-0.2, -0.15) is 13.2 Å². The molecule has 2 aromatic carbocycles. The van der Waals surface area contributed by atoms with E-state index in [-0.39, 0.29) is 23.1 Å². The minimum absolute atomic E-state index is 0.00223. The van der Waals surface area contributed by atoms with Gasteiger partial charge in [0.1, 0.15) is 0 Å². The normalized spacial score (nSPS) is 18.9. The van der Waals surface area contributed by atoms with E-state index in [9.17, 15) is 22.8 Å². The van der Waals surface area contributed by atoms with Crippen LogP contribution in [-0.4, -0.2) is 11.8 Å². The van der Waals surface area contributed by atoms with Crippen LogP contribution in [0.15, 0.2) is 48.5 Å². The molecule has 26 heavy (non-hydrogen) atoms. The number of alkyl halides is 3. The van der Waals surface area contributed by atoms with Crippen LogP contribution < -0.4 is 10.6 Å². The zero-order chi connectivity index (χ0) is 18.9. The van der Waals surface area contributed by atoms with Gasteiger partial charge in [-0.15, -0.1) is 0 Å². The lowest BCUT2D eigenvalue weighted by Gasteiger charge is -2.11. The van der Waals surface area contributed by atoms with Crippen molar-refractivity contribution < 1.29 is 22.8 Å². The number of nitrogens with one attached hydrogen (secondary N) is 2. The van der Waals surface area contributed by atoms with Gasteiger partial charge in [-0.3, -0.25) is 9.59 Å². The van der Waals surface area contributed by atoms with Crippen LogP contribution in [0, 0.1) is 11.8 Å². The number of rotatable bonds is 4. The molecule has 3 rings (SSSR count). The third kappa shape index (κ3) is 4.22. The van der Waals surface area contributed by atoms with Crippen molar-refractivity contribution in [2.24, 2.45) is 11.8 Å². The molecule has 136 valence electrons. The molecule has 2 amide bonds. The summed E-state index contributed by atoms with van der Waals surface area (Å²) in [5.74, 6) is -0.284. The standard InChI is InChI=1S/C19H17F3N2O2/c1-11-8-16(11)18(26)24-14-6-2-4-12(9-14)17(25)23-15-7-3-5-13(10-15)19(20,21)22/h2-7,9-11,16H,8H2,1H3,(H,23,25)(H,24,26)/t11-,16+/m0/s1. The van der Waals surface area contributed by atoms with Crippen LogP contribution >= 0.6 is 0 Å². The minimum Gasteiger partial charge on any atom is -0.326 e. The number of hydrogen-bond acceptors (Lipinski definition) is 2. The summed E-state index contributed by atoms with van der Waals surface area (Å²) >= 11 is 0. The maximum atomic E-state index is 12.7. The van der Waals surface area contributed by atoms with Gasteiger partial charge < -0.3 is 10.6 Å². The highest BCUT2D eigenvalue weighted by atomic mass is 19.4. The molecule has 1 aliphatic rings. The Morgan fingerprint density at radius 1 is 1.00 bits per heavy atom. The van der Waals surface area contributed by atoms with Crippen LogP contribution in [0.4, 0.5) is 24.5 Å². The maximum absolute atomic E-state index is 12.7. The Hall–Kier alpha value is -2.83. The van der Waals surface area contributed by atoms with Crippen molar-refractivity contribution >= 4 is 23.2 Å². The van der Waals surface area contributed by atoms with E-state index in [0.29, 0.717) is 11.6 Å². The average molecular weight is 362 g/mol. The highest BCUT2D eigenvalue weighted by molar-refractivity contribution is 6.05. The second-order valence-electron chi connectivity index (χ2n) is 6.42. The summed E-state index contributed by atoms with van der Waals surface area (Å²) in [6, 6.07) is 10.7. The van der Waals surface area contributed by atoms with Crippen LogP contribution in [0.25, 0.3) is 0 Å². The van der Waals surface area contributed by atoms with Crippen molar-refractivity contribution in [3.05, 3.63) is 59.7 Å². The molecule has 2 atom stereocenters. The predicted octanol–water partition coefficient (Wildman–Crippen LogP) is 4.55. The molecule has 2 aromatic rings. The van der Waals surface area contributed by atoms with E-state index in [0.717, 1.165) is 18.6 Å². The lowest BCUT2D eigenvalue weighted by atomic mass is 10.1. The van der Waals surface area contributed by atoms with Gasteiger partial charge in [-0.25, -0.2) is 0 Å². The Morgan fingerprint density at radius 2 is 1.62 bits per heavy atom. The zero-order valence-corrected chi connectivity index (χ0v) is 13.9. The van der Waals surface area contributed by atoms with Gasteiger partial charge in [0.15, 0.2) is 0 Å². The summed E-state index contributed by atoms with van der Waals surface area (Å²) in [5, 5.41) is 5.20. The smallest absolute Gasteiger partial charge is 0.326 e. The molecule has 2 N–H and O–H groups in total. The molecule has 4 nitrogen and oxygen atoms in total. The van der Waals surface area contributed by atoms with E-state index in [1.807, 2.05) is 6.92 Å². The molecular weight excluding hydrogens is 345 g/mol. The Bertz CT molecular complexity index is 849. The third-order valence-electron chi connectivity index (χ3n) is 4.29. The molecule has 1 aliphatic carbocycles. The average Bonchev–Trinajstić information content (AvgIpc) is 3.31. The first-order valence-electron chi connectivity index (χ1n) is 8.13. The van der Waals surface area contributed by atoms with E-state index >= 15 is 0 Å². The second kappa shape index (κ2) is 6.82. The van der Waals surface area contributed by atoms with E-state index in [1.165, 1.54) is 24.3 Å². The van der Waals surface area contributed by atoms with E-state index in [2.05, 4.69) is 10.6 Å². The van der Waals surface area contributed by atoms with Crippen LogP contribution in [0.3, 0.4) is 0 Å². The number of hydrogen-bond donors (Lipinski definition) is 2. The predicted molar refractivity (Wildman–Crippen MR) is 91.7 cm³/mol. The van der Waals surface area contributed by atoms with Crippen LogP contribution in [0.1, 0.15) is 29.3 Å². The molecule has 0 heterocycles. The summed E-state index contributed by atoms with van der Waals surface area (Å²) in [5.41, 5.74) is -0.0733. The van der Waals surface area contributed by atoms with Gasteiger partial charge in [-0.1, -0.05) is 19.1 Å². The Kier molecular flexibility index (Phi) is 4.71. The first-order chi connectivity index (χ1) is 12.2. The van der Waals surface area contributed by atoms with Crippen molar-refractivity contribution in [2.45, 2.75) is 19.5 Å². The molecular formula is C19H17F3N2O2. The van der Waals surface area contributed by atoms with Crippen molar-refractivity contribution in [1.82, 2.24) is 0 Å². The molecule has 0 spiro atoms. The maximum Gasteiger partial charge on any atom is 0.416 e. The fraction of sp³-hybridized carbons (Fsp3) is 0.263. The number of benzene rings is 2. The molecule has 0 aliphatic heterocycles. The molecule has 0 bridgehead atoms. The van der Waals surface area contributed by atoms with Crippen molar-refractivity contribution in [3.8, 4) is 0 Å². The summed E-state index contributed by atoms with van der Waals surface area (Å²) in [6.07, 6.45) is -3.63. The summed E-state index contributed by atoms with van der Waals surface area (Å²) in [7, 11) is 0. The number of carbonyl (C=O) groups is 2. The highest BCUT2D eigenvalue weighted by Crippen LogP contribution is 2.38. The van der Waals surface area contributed by atoms with Crippen molar-refractivity contribution in [1.29, 1.82) is 0 Å². The first kappa shape index (κ1) is 18.0. The minimum atomic E-state index is -4.48. The highest BCUT2D eigenvalue weighted by Gasteiger charge is 2.39. The Morgan fingerprint density at radius 3 is 2.23 bits per heavy atom. The van der Waals surface area contributed by atoms with Gasteiger partial charge >= 0.3 is 6.18 Å². The third-order valence-corrected chi connectivity index (χ3v) is 4.29. The number of anilines is 2. The Labute approximate surface area is 148 Å². The quantitative estimate of drug-likeness (QED) is 0.838. The van der Waals surface area contributed by atoms with Crippen LogP contribution in [-0.2, 0) is 11.0 Å². The van der Waals surface area contributed by atoms with Crippen LogP contribution in [0.2, 0.25) is 0 Å². The van der Waals surface area contributed by atoms with E-state index in [1.54, 1.807) is 12.1 Å². The van der Waals surface area contributed by atoms with E-state index in [4.69, 9.17) is 0 Å². The second-order valence-corrected chi connectivity index (χ2v) is 6.42. The zero-order valence-electron chi connectivity index (χ0n) is 13.9. The molecule has 0 saturated heterocycles. The molecule has 7 heteroatoms. The van der Waals surface area contributed by atoms with Gasteiger partial charge in [0, 0.05) is 22.9 Å². The molecule has 0 aromatic heterocycles. The molecule has 0 radical (unpaired) electrons. The molecule has 1 fully saturated rings. The molecule has 1 saturated carbocycles. The lowest BCUT2D eigenvalue weighted by molar-refractivity contribution is -0.137. The van der Waals surface area contributed by atoms with Crippen molar-refractivity contribution in [3.63, 3.8) is 0 Å². The van der Waals surface area contributed by atoms with Crippen LogP contribution in [0.5, 0.6) is 0 Å². The van der Waals surface area contributed by atoms with Gasteiger partial charge in [-0.05, 0) is 48.7 Å². The SMILES string of the molecule is C[C@H]1C[C@H]1C(=O)Nc1cccc(C(=O)Nc2cccc(C(F)(F)F)c2)c1. The number of amides is 2. The Balaban J connectivity index is 1.70. The first-order valence-corrected chi connectivity index (χ1v) is 8.13. The topological polar surface area (TPSA) is 58.2 Å². The van der Waals surface area contributed by atoms with Crippen molar-refractivity contribution in [2.75, 3.05) is 10.6 Å². The fourth-order valence-corrected chi connectivity index (χ4v) is 2.64. The fourth-order valence-electron chi connectivity index (χ4n) is 2.64. The summed E-state index contributed by atoms with van der Waals surface area (Å²) in [4.78, 5) is 24.3. The number of halogens is 3.